The standard InChI is InChI=1S/C21H25NSi/c1-21(2,3)23(4,5)18-11-12-19-17(15-18)13-14-22-20(19)16-9-7-6-8-10-16/h6-15H,1-5H3. The molecule has 0 saturated heterocycles. The van der Waals surface area contributed by atoms with Gasteiger partial charge < -0.3 is 0 Å². The maximum Gasteiger partial charge on any atom is 0.0859 e. The van der Waals surface area contributed by atoms with Crippen molar-refractivity contribution in [2.75, 3.05) is 0 Å². The van der Waals surface area contributed by atoms with Crippen LogP contribution in [-0.2, 0) is 0 Å². The number of nitrogens with zero attached hydrogens (tertiary/aromatic N) is 1. The van der Waals surface area contributed by atoms with Gasteiger partial charge in [-0.05, 0) is 16.5 Å². The van der Waals surface area contributed by atoms with Gasteiger partial charge in [0.25, 0.3) is 0 Å². The van der Waals surface area contributed by atoms with Crippen LogP contribution in [0.2, 0.25) is 18.1 Å². The Labute approximate surface area is 140 Å². The number of benzene rings is 2. The third-order valence-electron chi connectivity index (χ3n) is 5.41. The Morgan fingerprint density at radius 3 is 2.22 bits per heavy atom. The summed E-state index contributed by atoms with van der Waals surface area (Å²) in [6.07, 6.45) is 1.93. The van der Waals surface area contributed by atoms with E-state index in [1.165, 1.54) is 21.5 Å². The maximum atomic E-state index is 4.63. The predicted molar refractivity (Wildman–Crippen MR) is 104 cm³/mol. The molecule has 0 aliphatic heterocycles. The molecule has 118 valence electrons. The van der Waals surface area contributed by atoms with Crippen molar-refractivity contribution in [2.24, 2.45) is 0 Å². The summed E-state index contributed by atoms with van der Waals surface area (Å²) in [7, 11) is -1.52. The maximum absolute atomic E-state index is 4.63. The smallest absolute Gasteiger partial charge is 0.0859 e. The summed E-state index contributed by atoms with van der Waals surface area (Å²) in [4.78, 5) is 4.63. The van der Waals surface area contributed by atoms with Gasteiger partial charge in [0, 0.05) is 17.1 Å². The Kier molecular flexibility index (Phi) is 3.89. The zero-order chi connectivity index (χ0) is 16.7. The van der Waals surface area contributed by atoms with E-state index in [1.807, 2.05) is 12.3 Å². The van der Waals surface area contributed by atoms with Crippen LogP contribution in [0.1, 0.15) is 20.8 Å². The first-order chi connectivity index (χ1) is 10.8. The Morgan fingerprint density at radius 2 is 1.57 bits per heavy atom. The molecule has 0 saturated carbocycles. The molecule has 0 atom stereocenters. The van der Waals surface area contributed by atoms with Crippen molar-refractivity contribution in [3.63, 3.8) is 0 Å². The minimum atomic E-state index is -1.52. The predicted octanol–water partition coefficient (Wildman–Crippen LogP) is 5.62. The zero-order valence-electron chi connectivity index (χ0n) is 14.7. The van der Waals surface area contributed by atoms with Crippen LogP contribution in [0.15, 0.2) is 60.8 Å². The van der Waals surface area contributed by atoms with Gasteiger partial charge >= 0.3 is 0 Å². The highest BCUT2D eigenvalue weighted by molar-refractivity contribution is 6.92. The molecule has 0 bridgehead atoms. The quantitative estimate of drug-likeness (QED) is 0.559. The van der Waals surface area contributed by atoms with E-state index in [2.05, 4.69) is 87.4 Å². The summed E-state index contributed by atoms with van der Waals surface area (Å²) in [5, 5.41) is 4.39. The van der Waals surface area contributed by atoms with E-state index >= 15 is 0 Å². The van der Waals surface area contributed by atoms with Crippen molar-refractivity contribution in [1.29, 1.82) is 0 Å². The van der Waals surface area contributed by atoms with Crippen LogP contribution >= 0.6 is 0 Å². The molecule has 3 rings (SSSR count). The van der Waals surface area contributed by atoms with Crippen LogP contribution < -0.4 is 5.19 Å². The molecular formula is C21H25NSi. The fourth-order valence-electron chi connectivity index (χ4n) is 2.83. The molecule has 0 amide bonds. The van der Waals surface area contributed by atoms with Gasteiger partial charge in [-0.25, -0.2) is 0 Å². The summed E-state index contributed by atoms with van der Waals surface area (Å²) >= 11 is 0. The SMILES string of the molecule is CC(C)(C)[Si](C)(C)c1ccc2c(-c3ccccc3)nccc2c1. The van der Waals surface area contributed by atoms with E-state index in [4.69, 9.17) is 0 Å². The van der Waals surface area contributed by atoms with Gasteiger partial charge in [0.1, 0.15) is 0 Å². The van der Waals surface area contributed by atoms with Crippen molar-refractivity contribution in [3.05, 3.63) is 60.8 Å². The molecule has 1 heterocycles. The monoisotopic (exact) mass is 319 g/mol. The average molecular weight is 320 g/mol. The molecule has 0 fully saturated rings. The van der Waals surface area contributed by atoms with Gasteiger partial charge in [-0.2, -0.15) is 0 Å². The molecule has 1 nitrogen and oxygen atoms in total. The number of hydrogen-bond donors (Lipinski definition) is 0. The summed E-state index contributed by atoms with van der Waals surface area (Å²) in [5.41, 5.74) is 2.25. The first-order valence-electron chi connectivity index (χ1n) is 8.25. The molecule has 2 heteroatoms. The van der Waals surface area contributed by atoms with Crippen molar-refractivity contribution < 1.29 is 0 Å². The van der Waals surface area contributed by atoms with Gasteiger partial charge in [-0.1, -0.05) is 87.6 Å². The lowest BCUT2D eigenvalue weighted by atomic mass is 10.0. The first-order valence-corrected chi connectivity index (χ1v) is 11.3. The second-order valence-electron chi connectivity index (χ2n) is 7.84. The van der Waals surface area contributed by atoms with E-state index in [9.17, 15) is 0 Å². The summed E-state index contributed by atoms with van der Waals surface area (Å²) in [6, 6.07) is 19.6. The van der Waals surface area contributed by atoms with E-state index in [-0.39, 0.29) is 0 Å². The second-order valence-corrected chi connectivity index (χ2v) is 13.2. The second kappa shape index (κ2) is 5.61. The average Bonchev–Trinajstić information content (AvgIpc) is 2.53. The number of pyridine rings is 1. The van der Waals surface area contributed by atoms with Crippen molar-refractivity contribution in [3.8, 4) is 11.3 Å². The third-order valence-corrected chi connectivity index (χ3v) is 10.9. The van der Waals surface area contributed by atoms with Gasteiger partial charge in [-0.15, -0.1) is 0 Å². The fraction of sp³-hybridized carbons (Fsp3) is 0.286. The molecule has 0 aliphatic carbocycles. The highest BCUT2D eigenvalue weighted by Gasteiger charge is 2.36. The molecule has 0 aliphatic rings. The molecule has 1 aromatic heterocycles. The Morgan fingerprint density at radius 1 is 0.870 bits per heavy atom. The first kappa shape index (κ1) is 15.9. The number of aromatic nitrogens is 1. The number of rotatable bonds is 2. The highest BCUT2D eigenvalue weighted by atomic mass is 28.3. The summed E-state index contributed by atoms with van der Waals surface area (Å²) < 4.78 is 0. The molecular weight excluding hydrogens is 294 g/mol. The van der Waals surface area contributed by atoms with Gasteiger partial charge in [0.05, 0.1) is 13.8 Å². The fourth-order valence-corrected chi connectivity index (χ4v) is 4.71. The Hall–Kier alpha value is -1.93. The normalized spacial score (nSPS) is 12.6. The zero-order valence-corrected chi connectivity index (χ0v) is 15.7. The third kappa shape index (κ3) is 2.84. The lowest BCUT2D eigenvalue weighted by Crippen LogP contribution is -2.49. The molecule has 0 spiro atoms. The number of hydrogen-bond acceptors (Lipinski definition) is 1. The summed E-state index contributed by atoms with van der Waals surface area (Å²) in [5.74, 6) is 0. The van der Waals surface area contributed by atoms with Crippen molar-refractivity contribution in [1.82, 2.24) is 4.98 Å². The van der Waals surface area contributed by atoms with Crippen LogP contribution in [0.5, 0.6) is 0 Å². The molecule has 0 radical (unpaired) electrons. The molecule has 23 heavy (non-hydrogen) atoms. The van der Waals surface area contributed by atoms with Crippen molar-refractivity contribution >= 4 is 24.0 Å². The minimum Gasteiger partial charge on any atom is -0.256 e. The minimum absolute atomic E-state index is 0.343. The molecule has 2 aromatic carbocycles. The molecule has 0 N–H and O–H groups in total. The van der Waals surface area contributed by atoms with E-state index in [0.29, 0.717) is 5.04 Å². The highest BCUT2D eigenvalue weighted by Crippen LogP contribution is 2.36. The van der Waals surface area contributed by atoms with E-state index < -0.39 is 8.07 Å². The summed E-state index contributed by atoms with van der Waals surface area (Å²) in [6.45, 7) is 12.0. The van der Waals surface area contributed by atoms with Crippen molar-refractivity contribution in [2.45, 2.75) is 38.9 Å². The van der Waals surface area contributed by atoms with Crippen LogP contribution in [0.4, 0.5) is 0 Å². The van der Waals surface area contributed by atoms with Gasteiger partial charge in [-0.3, -0.25) is 4.98 Å². The van der Waals surface area contributed by atoms with E-state index in [0.717, 1.165) is 5.69 Å². The van der Waals surface area contributed by atoms with Gasteiger partial charge in [0.15, 0.2) is 0 Å². The van der Waals surface area contributed by atoms with E-state index in [1.54, 1.807) is 0 Å². The topological polar surface area (TPSA) is 12.9 Å². The number of fused-ring (bicyclic) bond motifs is 1. The molecule has 3 aromatic rings. The molecule has 0 unspecified atom stereocenters. The van der Waals surface area contributed by atoms with Crippen LogP contribution in [0, 0.1) is 0 Å². The van der Waals surface area contributed by atoms with Crippen LogP contribution in [-0.4, -0.2) is 13.1 Å². The van der Waals surface area contributed by atoms with Gasteiger partial charge in [0.2, 0.25) is 0 Å². The van der Waals surface area contributed by atoms with Crippen LogP contribution in [0.25, 0.3) is 22.0 Å². The lowest BCUT2D eigenvalue weighted by Gasteiger charge is -2.37. The largest absolute Gasteiger partial charge is 0.256 e. The Bertz CT molecular complexity index is 829. The lowest BCUT2D eigenvalue weighted by molar-refractivity contribution is 0.729. The Balaban J connectivity index is 2.17. The van der Waals surface area contributed by atoms with Crippen LogP contribution in [0.3, 0.4) is 0 Å².